The minimum absolute atomic E-state index is 0.582. The summed E-state index contributed by atoms with van der Waals surface area (Å²) in [5, 5.41) is 0. The molecule has 3 aliphatic rings. The quantitative estimate of drug-likeness (QED) is 0.429. The summed E-state index contributed by atoms with van der Waals surface area (Å²) in [5.74, 6) is 0. The average molecular weight is 110 g/mol. The highest BCUT2D eigenvalue weighted by Gasteiger charge is 2.29. The molecule has 0 N–H and O–H groups in total. The van der Waals surface area contributed by atoms with Gasteiger partial charge < -0.3 is 4.74 Å². The van der Waals surface area contributed by atoms with E-state index in [9.17, 15) is 0 Å². The minimum Gasteiger partial charge on any atom is -0.374 e. The predicted molar refractivity (Wildman–Crippen MR) is 31.7 cm³/mol. The fraction of sp³-hybridized carbons (Fsp3) is 0.714. The maximum Gasteiger partial charge on any atom is 0.0638 e. The highest BCUT2D eigenvalue weighted by Crippen LogP contribution is 2.28. The minimum atomic E-state index is 0.582. The maximum absolute atomic E-state index is 5.44. The van der Waals surface area contributed by atoms with Crippen molar-refractivity contribution >= 4 is 0 Å². The lowest BCUT2D eigenvalue weighted by atomic mass is 10.0. The Morgan fingerprint density at radius 1 is 1.12 bits per heavy atom. The summed E-state index contributed by atoms with van der Waals surface area (Å²) < 4.78 is 5.44. The highest BCUT2D eigenvalue weighted by molar-refractivity contribution is 4.97. The second kappa shape index (κ2) is 1.59. The van der Waals surface area contributed by atoms with Gasteiger partial charge in [-0.15, -0.1) is 0 Å². The van der Waals surface area contributed by atoms with E-state index >= 15 is 0 Å². The van der Waals surface area contributed by atoms with Crippen LogP contribution < -0.4 is 0 Å². The standard InChI is InChI=1S/C7H10O/c1-2-4-7-5-6(3-1)8-7/h1-2,6-7H,3-5H2. The van der Waals surface area contributed by atoms with Crippen LogP contribution in [-0.2, 0) is 4.74 Å². The molecule has 1 aliphatic carbocycles. The van der Waals surface area contributed by atoms with E-state index in [0.717, 1.165) is 12.8 Å². The molecule has 44 valence electrons. The van der Waals surface area contributed by atoms with E-state index < -0.39 is 0 Å². The third kappa shape index (κ3) is 0.583. The summed E-state index contributed by atoms with van der Waals surface area (Å²) in [6.07, 6.45) is 9.23. The summed E-state index contributed by atoms with van der Waals surface area (Å²) in [6.45, 7) is 0. The molecular formula is C7H10O. The molecule has 0 spiro atoms. The zero-order valence-electron chi connectivity index (χ0n) is 4.84. The molecule has 2 bridgehead atoms. The molecule has 0 saturated carbocycles. The van der Waals surface area contributed by atoms with Gasteiger partial charge in [-0.2, -0.15) is 0 Å². The number of rotatable bonds is 0. The van der Waals surface area contributed by atoms with Gasteiger partial charge in [0, 0.05) is 6.42 Å². The summed E-state index contributed by atoms with van der Waals surface area (Å²) >= 11 is 0. The van der Waals surface area contributed by atoms with E-state index in [1.807, 2.05) is 0 Å². The molecule has 2 atom stereocenters. The van der Waals surface area contributed by atoms with E-state index in [2.05, 4.69) is 12.2 Å². The predicted octanol–water partition coefficient (Wildman–Crippen LogP) is 1.49. The molecule has 2 aliphatic heterocycles. The fourth-order valence-corrected chi connectivity index (χ4v) is 1.35. The van der Waals surface area contributed by atoms with Crippen LogP contribution in [0.1, 0.15) is 19.3 Å². The van der Waals surface area contributed by atoms with Crippen molar-refractivity contribution < 1.29 is 4.74 Å². The molecule has 2 unspecified atom stereocenters. The second-order valence-electron chi connectivity index (χ2n) is 2.56. The molecule has 1 fully saturated rings. The van der Waals surface area contributed by atoms with E-state index in [1.54, 1.807) is 0 Å². The van der Waals surface area contributed by atoms with Crippen molar-refractivity contribution in [2.75, 3.05) is 0 Å². The maximum atomic E-state index is 5.44. The van der Waals surface area contributed by atoms with E-state index in [-0.39, 0.29) is 0 Å². The summed E-state index contributed by atoms with van der Waals surface area (Å²) in [7, 11) is 0. The molecule has 1 nitrogen and oxygen atoms in total. The van der Waals surface area contributed by atoms with E-state index in [0.29, 0.717) is 12.2 Å². The molecule has 0 aromatic carbocycles. The van der Waals surface area contributed by atoms with Crippen LogP contribution in [0.2, 0.25) is 0 Å². The molecule has 0 aromatic rings. The van der Waals surface area contributed by atoms with E-state index in [4.69, 9.17) is 4.74 Å². The van der Waals surface area contributed by atoms with Crippen LogP contribution >= 0.6 is 0 Å². The Balaban J connectivity index is 2.05. The van der Waals surface area contributed by atoms with Gasteiger partial charge in [-0.05, 0) is 12.8 Å². The number of fused-ring (bicyclic) bond motifs is 2. The van der Waals surface area contributed by atoms with Crippen molar-refractivity contribution in [2.45, 2.75) is 31.5 Å². The molecule has 1 saturated heterocycles. The first kappa shape index (κ1) is 4.57. The van der Waals surface area contributed by atoms with Crippen LogP contribution in [-0.4, -0.2) is 12.2 Å². The van der Waals surface area contributed by atoms with Crippen LogP contribution in [0, 0.1) is 0 Å². The Kier molecular flexibility index (Phi) is 0.908. The first-order valence-corrected chi connectivity index (χ1v) is 3.25. The smallest absolute Gasteiger partial charge is 0.0638 e. The van der Waals surface area contributed by atoms with Gasteiger partial charge in [0.1, 0.15) is 0 Å². The first-order valence-electron chi connectivity index (χ1n) is 3.25. The first-order chi connectivity index (χ1) is 3.95. The SMILES string of the molecule is C1=CCC2CC(C1)O2. The Bertz CT molecular complexity index is 99.6. The second-order valence-corrected chi connectivity index (χ2v) is 2.56. The van der Waals surface area contributed by atoms with Crippen LogP contribution in [0.4, 0.5) is 0 Å². The average Bonchev–Trinajstić information content (AvgIpc) is 1.89. The number of hydrogen-bond acceptors (Lipinski definition) is 1. The molecule has 8 heavy (non-hydrogen) atoms. The molecule has 0 amide bonds. The van der Waals surface area contributed by atoms with Crippen LogP contribution in [0.3, 0.4) is 0 Å². The molecule has 0 radical (unpaired) electrons. The lowest BCUT2D eigenvalue weighted by Gasteiger charge is -2.32. The largest absolute Gasteiger partial charge is 0.374 e. The van der Waals surface area contributed by atoms with Gasteiger partial charge in [0.2, 0.25) is 0 Å². The van der Waals surface area contributed by atoms with Gasteiger partial charge in [-0.3, -0.25) is 0 Å². The Morgan fingerprint density at radius 3 is 2.12 bits per heavy atom. The van der Waals surface area contributed by atoms with Crippen molar-refractivity contribution in [2.24, 2.45) is 0 Å². The van der Waals surface area contributed by atoms with Gasteiger partial charge in [-0.1, -0.05) is 12.2 Å². The third-order valence-corrected chi connectivity index (χ3v) is 1.88. The van der Waals surface area contributed by atoms with Crippen LogP contribution in [0.5, 0.6) is 0 Å². The zero-order valence-corrected chi connectivity index (χ0v) is 4.84. The Hall–Kier alpha value is -0.300. The molecule has 2 heterocycles. The Morgan fingerprint density at radius 2 is 1.62 bits per heavy atom. The topological polar surface area (TPSA) is 9.23 Å². The molecule has 3 rings (SSSR count). The van der Waals surface area contributed by atoms with Gasteiger partial charge in [0.25, 0.3) is 0 Å². The lowest BCUT2D eigenvalue weighted by Crippen LogP contribution is -2.34. The lowest BCUT2D eigenvalue weighted by molar-refractivity contribution is -0.115. The van der Waals surface area contributed by atoms with Gasteiger partial charge >= 0.3 is 0 Å². The number of hydrogen-bond donors (Lipinski definition) is 0. The normalized spacial score (nSPS) is 43.0. The summed E-state index contributed by atoms with van der Waals surface area (Å²) in [4.78, 5) is 0. The van der Waals surface area contributed by atoms with Gasteiger partial charge in [0.05, 0.1) is 12.2 Å². The fourth-order valence-electron chi connectivity index (χ4n) is 1.35. The summed E-state index contributed by atoms with van der Waals surface area (Å²) in [5.41, 5.74) is 0. The van der Waals surface area contributed by atoms with Crippen LogP contribution in [0.25, 0.3) is 0 Å². The molecular weight excluding hydrogens is 100 g/mol. The van der Waals surface area contributed by atoms with Gasteiger partial charge in [0.15, 0.2) is 0 Å². The third-order valence-electron chi connectivity index (χ3n) is 1.88. The van der Waals surface area contributed by atoms with Crippen molar-refractivity contribution in [3.05, 3.63) is 12.2 Å². The molecule has 0 aromatic heterocycles. The highest BCUT2D eigenvalue weighted by atomic mass is 16.5. The number of ether oxygens (including phenoxy) is 1. The van der Waals surface area contributed by atoms with Crippen LogP contribution in [0.15, 0.2) is 12.2 Å². The monoisotopic (exact) mass is 110 g/mol. The van der Waals surface area contributed by atoms with Crippen molar-refractivity contribution in [3.8, 4) is 0 Å². The van der Waals surface area contributed by atoms with Gasteiger partial charge in [-0.25, -0.2) is 0 Å². The summed E-state index contributed by atoms with van der Waals surface area (Å²) in [6, 6.07) is 0. The zero-order chi connectivity index (χ0) is 5.40. The molecule has 1 heteroatoms. The Labute approximate surface area is 49.3 Å². The van der Waals surface area contributed by atoms with Crippen molar-refractivity contribution in [1.29, 1.82) is 0 Å². The van der Waals surface area contributed by atoms with Crippen molar-refractivity contribution in [1.82, 2.24) is 0 Å². The van der Waals surface area contributed by atoms with Crippen molar-refractivity contribution in [3.63, 3.8) is 0 Å². The van der Waals surface area contributed by atoms with E-state index in [1.165, 1.54) is 6.42 Å².